The molecule has 0 unspecified atom stereocenters. The summed E-state index contributed by atoms with van der Waals surface area (Å²) >= 11 is 0. The summed E-state index contributed by atoms with van der Waals surface area (Å²) in [5.74, 6) is 1.13. The minimum Gasteiger partial charge on any atom is -0.467 e. The van der Waals surface area contributed by atoms with Crippen molar-refractivity contribution in [3.05, 3.63) is 24.2 Å². The third-order valence-electron chi connectivity index (χ3n) is 3.38. The van der Waals surface area contributed by atoms with Crippen molar-refractivity contribution in [2.75, 3.05) is 6.54 Å². The molecule has 1 aromatic rings. The number of carbonyl (C=O) groups excluding carboxylic acids is 1. The van der Waals surface area contributed by atoms with Gasteiger partial charge in [0.1, 0.15) is 5.76 Å². The number of furan rings is 1. The third-order valence-corrected chi connectivity index (χ3v) is 3.38. The van der Waals surface area contributed by atoms with Crippen LogP contribution in [0.1, 0.15) is 38.0 Å². The van der Waals surface area contributed by atoms with E-state index in [-0.39, 0.29) is 18.2 Å². The van der Waals surface area contributed by atoms with Crippen molar-refractivity contribution in [3.63, 3.8) is 0 Å². The summed E-state index contributed by atoms with van der Waals surface area (Å²) in [7, 11) is 0. The van der Waals surface area contributed by atoms with Crippen LogP contribution in [0.3, 0.4) is 0 Å². The van der Waals surface area contributed by atoms with Crippen LogP contribution in [0.2, 0.25) is 0 Å². The van der Waals surface area contributed by atoms with E-state index in [1.807, 2.05) is 13.0 Å². The summed E-state index contributed by atoms with van der Waals surface area (Å²) in [6.45, 7) is 2.49. The molecule has 100 valence electrons. The van der Waals surface area contributed by atoms with Gasteiger partial charge in [-0.1, -0.05) is 0 Å². The molecule has 0 aromatic carbocycles. The molecule has 5 nitrogen and oxygen atoms in total. The van der Waals surface area contributed by atoms with Crippen LogP contribution in [0.25, 0.3) is 0 Å². The molecule has 0 saturated heterocycles. The quantitative estimate of drug-likeness (QED) is 0.765. The number of amides is 2. The van der Waals surface area contributed by atoms with Crippen LogP contribution < -0.4 is 10.6 Å². The molecular weight excluding hydrogens is 232 g/mol. The van der Waals surface area contributed by atoms with Gasteiger partial charge in [-0.2, -0.15) is 0 Å². The second kappa shape index (κ2) is 5.91. The van der Waals surface area contributed by atoms with Crippen molar-refractivity contribution in [1.82, 2.24) is 10.6 Å². The molecule has 1 saturated carbocycles. The van der Waals surface area contributed by atoms with Crippen LogP contribution >= 0.6 is 0 Å². The lowest BCUT2D eigenvalue weighted by atomic mass is 10.1. The fourth-order valence-electron chi connectivity index (χ4n) is 2.33. The fraction of sp³-hybridized carbons (Fsp3) is 0.615. The Hall–Kier alpha value is -1.49. The number of nitrogens with one attached hydrogen (secondary N) is 2. The van der Waals surface area contributed by atoms with Crippen LogP contribution in [0.5, 0.6) is 0 Å². The van der Waals surface area contributed by atoms with Gasteiger partial charge in [0.25, 0.3) is 0 Å². The number of hydrogen-bond acceptors (Lipinski definition) is 3. The minimum absolute atomic E-state index is 0.144. The molecule has 1 aliphatic rings. The molecule has 0 radical (unpaired) electrons. The van der Waals surface area contributed by atoms with E-state index in [0.29, 0.717) is 12.5 Å². The number of carbonyl (C=O) groups is 1. The van der Waals surface area contributed by atoms with Crippen molar-refractivity contribution < 1.29 is 14.3 Å². The largest absolute Gasteiger partial charge is 0.467 e. The zero-order chi connectivity index (χ0) is 13.0. The average molecular weight is 252 g/mol. The number of hydrogen-bond donors (Lipinski definition) is 3. The van der Waals surface area contributed by atoms with Gasteiger partial charge >= 0.3 is 6.03 Å². The normalized spacial score (nSPS) is 24.8. The molecule has 3 atom stereocenters. The zero-order valence-corrected chi connectivity index (χ0v) is 10.6. The predicted molar refractivity (Wildman–Crippen MR) is 67.0 cm³/mol. The summed E-state index contributed by atoms with van der Waals surface area (Å²) in [6, 6.07) is 3.29. The molecular formula is C13H20N2O3. The van der Waals surface area contributed by atoms with Gasteiger partial charge < -0.3 is 20.2 Å². The van der Waals surface area contributed by atoms with E-state index in [1.54, 1.807) is 12.3 Å². The second-order valence-electron chi connectivity index (χ2n) is 4.92. The van der Waals surface area contributed by atoms with E-state index >= 15 is 0 Å². The maximum atomic E-state index is 11.7. The Bertz CT molecular complexity index is 378. The summed E-state index contributed by atoms with van der Waals surface area (Å²) in [4.78, 5) is 11.7. The molecule has 2 rings (SSSR count). The summed E-state index contributed by atoms with van der Waals surface area (Å²) < 4.78 is 5.21. The Morgan fingerprint density at radius 1 is 1.61 bits per heavy atom. The van der Waals surface area contributed by atoms with Gasteiger partial charge in [-0.15, -0.1) is 0 Å². The predicted octanol–water partition coefficient (Wildman–Crippen LogP) is 1.80. The first-order chi connectivity index (χ1) is 8.65. The molecule has 1 aromatic heterocycles. The lowest BCUT2D eigenvalue weighted by Crippen LogP contribution is -2.39. The van der Waals surface area contributed by atoms with E-state index in [9.17, 15) is 9.90 Å². The maximum absolute atomic E-state index is 11.7. The third kappa shape index (κ3) is 3.50. The highest BCUT2D eigenvalue weighted by molar-refractivity contribution is 5.74. The standard InChI is InChI=1S/C13H20N2O3/c1-9(12-3-2-6-18-12)15-13(17)14-8-10-4-5-11(16)7-10/h2-3,6,9-11,16H,4-5,7-8H2,1H3,(H2,14,15,17)/t9-,10-,11-/m0/s1. The second-order valence-corrected chi connectivity index (χ2v) is 4.92. The van der Waals surface area contributed by atoms with Crippen molar-refractivity contribution in [2.45, 2.75) is 38.3 Å². The van der Waals surface area contributed by atoms with E-state index in [2.05, 4.69) is 10.6 Å². The zero-order valence-electron chi connectivity index (χ0n) is 10.6. The monoisotopic (exact) mass is 252 g/mol. The van der Waals surface area contributed by atoms with Crippen molar-refractivity contribution in [1.29, 1.82) is 0 Å². The van der Waals surface area contributed by atoms with E-state index < -0.39 is 0 Å². The maximum Gasteiger partial charge on any atom is 0.315 e. The Balaban J connectivity index is 1.69. The molecule has 1 heterocycles. The van der Waals surface area contributed by atoms with Gasteiger partial charge in [-0.25, -0.2) is 4.79 Å². The summed E-state index contributed by atoms with van der Waals surface area (Å²) in [5.41, 5.74) is 0. The van der Waals surface area contributed by atoms with Crippen molar-refractivity contribution in [2.24, 2.45) is 5.92 Å². The lowest BCUT2D eigenvalue weighted by Gasteiger charge is -2.14. The van der Waals surface area contributed by atoms with Gasteiger partial charge in [-0.05, 0) is 44.2 Å². The number of urea groups is 1. The van der Waals surface area contributed by atoms with E-state index in [1.165, 1.54) is 0 Å². The topological polar surface area (TPSA) is 74.5 Å². The molecule has 2 amide bonds. The molecule has 0 spiro atoms. The molecule has 0 aliphatic heterocycles. The first-order valence-corrected chi connectivity index (χ1v) is 6.41. The highest BCUT2D eigenvalue weighted by atomic mass is 16.3. The van der Waals surface area contributed by atoms with Gasteiger partial charge in [0.05, 0.1) is 18.4 Å². The molecule has 3 N–H and O–H groups in total. The van der Waals surface area contributed by atoms with Crippen molar-refractivity contribution >= 4 is 6.03 Å². The van der Waals surface area contributed by atoms with Crippen LogP contribution in [-0.2, 0) is 0 Å². The van der Waals surface area contributed by atoms with Crippen molar-refractivity contribution in [3.8, 4) is 0 Å². The summed E-state index contributed by atoms with van der Waals surface area (Å²) in [5, 5.41) is 15.0. The van der Waals surface area contributed by atoms with E-state index in [0.717, 1.165) is 25.0 Å². The first kappa shape index (κ1) is 13.0. The molecule has 5 heteroatoms. The van der Waals surface area contributed by atoms with E-state index in [4.69, 9.17) is 4.42 Å². The van der Waals surface area contributed by atoms with Crippen LogP contribution in [0.4, 0.5) is 4.79 Å². The Morgan fingerprint density at radius 3 is 3.06 bits per heavy atom. The number of rotatable bonds is 4. The van der Waals surface area contributed by atoms with Crippen LogP contribution in [0.15, 0.2) is 22.8 Å². The first-order valence-electron chi connectivity index (χ1n) is 6.41. The number of aliphatic hydroxyl groups excluding tert-OH is 1. The SMILES string of the molecule is C[C@H](NC(=O)NC[C@H]1CC[C@H](O)C1)c1ccco1. The van der Waals surface area contributed by atoms with Gasteiger partial charge in [0.15, 0.2) is 0 Å². The minimum atomic E-state index is -0.194. The smallest absolute Gasteiger partial charge is 0.315 e. The Kier molecular flexibility index (Phi) is 4.25. The Morgan fingerprint density at radius 2 is 2.44 bits per heavy atom. The number of aliphatic hydroxyl groups is 1. The molecule has 1 fully saturated rings. The molecule has 0 bridgehead atoms. The lowest BCUT2D eigenvalue weighted by molar-refractivity contribution is 0.177. The highest BCUT2D eigenvalue weighted by Crippen LogP contribution is 2.24. The Labute approximate surface area is 107 Å². The van der Waals surface area contributed by atoms with Gasteiger partial charge in [0, 0.05) is 6.54 Å². The van der Waals surface area contributed by atoms with Crippen LogP contribution in [-0.4, -0.2) is 23.8 Å². The average Bonchev–Trinajstić information content (AvgIpc) is 2.97. The summed E-state index contributed by atoms with van der Waals surface area (Å²) in [6.07, 6.45) is 4.01. The van der Waals surface area contributed by atoms with Crippen LogP contribution in [0, 0.1) is 5.92 Å². The molecule has 18 heavy (non-hydrogen) atoms. The fourth-order valence-corrected chi connectivity index (χ4v) is 2.33. The van der Waals surface area contributed by atoms with Gasteiger partial charge in [0.2, 0.25) is 0 Å². The van der Waals surface area contributed by atoms with Gasteiger partial charge in [-0.3, -0.25) is 0 Å². The molecule has 1 aliphatic carbocycles. The highest BCUT2D eigenvalue weighted by Gasteiger charge is 2.23.